The number of hydrogen-bond acceptors (Lipinski definition) is 5. The average molecular weight is 249 g/mol. The van der Waals surface area contributed by atoms with Crippen LogP contribution in [0.25, 0.3) is 0 Å². The predicted molar refractivity (Wildman–Crippen MR) is 68.3 cm³/mol. The van der Waals surface area contributed by atoms with Crippen molar-refractivity contribution in [2.24, 2.45) is 0 Å². The highest BCUT2D eigenvalue weighted by Gasteiger charge is 2.21. The highest BCUT2D eigenvalue weighted by atomic mass is 16.5. The molecule has 0 fully saturated rings. The Morgan fingerprint density at radius 1 is 1.44 bits per heavy atom. The Hall–Kier alpha value is -1.62. The SMILES string of the molecule is CCCNC(C1=CCCO1)c1ccc(OC)nn1. The van der Waals surface area contributed by atoms with E-state index in [1.54, 1.807) is 7.11 Å². The Bertz CT molecular complexity index is 403. The van der Waals surface area contributed by atoms with Crippen LogP contribution >= 0.6 is 0 Å². The molecule has 0 saturated carbocycles. The fraction of sp³-hybridized carbons (Fsp3) is 0.538. The summed E-state index contributed by atoms with van der Waals surface area (Å²) in [5, 5.41) is 11.6. The van der Waals surface area contributed by atoms with Gasteiger partial charge in [0.25, 0.3) is 0 Å². The number of rotatable bonds is 6. The van der Waals surface area contributed by atoms with Crippen molar-refractivity contribution < 1.29 is 9.47 Å². The number of methoxy groups -OCH3 is 1. The van der Waals surface area contributed by atoms with Gasteiger partial charge in [0.15, 0.2) is 0 Å². The van der Waals surface area contributed by atoms with Gasteiger partial charge < -0.3 is 14.8 Å². The van der Waals surface area contributed by atoms with Gasteiger partial charge in [0.2, 0.25) is 5.88 Å². The van der Waals surface area contributed by atoms with Crippen LogP contribution in [0.15, 0.2) is 24.0 Å². The first-order valence-electron chi connectivity index (χ1n) is 6.29. The van der Waals surface area contributed by atoms with Crippen LogP contribution < -0.4 is 10.1 Å². The molecule has 0 saturated heterocycles. The summed E-state index contributed by atoms with van der Waals surface area (Å²) in [5.41, 5.74) is 0.859. The Kier molecular flexibility index (Phi) is 4.52. The molecule has 0 bridgehead atoms. The second kappa shape index (κ2) is 6.35. The summed E-state index contributed by atoms with van der Waals surface area (Å²) in [7, 11) is 1.58. The van der Waals surface area contributed by atoms with E-state index in [0.717, 1.165) is 37.4 Å². The Morgan fingerprint density at radius 2 is 2.33 bits per heavy atom. The molecule has 0 spiro atoms. The number of ether oxygens (including phenoxy) is 2. The van der Waals surface area contributed by atoms with Crippen molar-refractivity contribution in [3.63, 3.8) is 0 Å². The topological polar surface area (TPSA) is 56.3 Å². The van der Waals surface area contributed by atoms with Crippen LogP contribution in [0.4, 0.5) is 0 Å². The summed E-state index contributed by atoms with van der Waals surface area (Å²) in [5.74, 6) is 1.47. The summed E-state index contributed by atoms with van der Waals surface area (Å²) in [6.45, 7) is 3.80. The fourth-order valence-corrected chi connectivity index (χ4v) is 1.87. The van der Waals surface area contributed by atoms with Crippen LogP contribution in [0.2, 0.25) is 0 Å². The molecule has 1 N–H and O–H groups in total. The lowest BCUT2D eigenvalue weighted by molar-refractivity contribution is 0.214. The summed E-state index contributed by atoms with van der Waals surface area (Å²) < 4.78 is 10.6. The molecule has 1 aromatic heterocycles. The number of aromatic nitrogens is 2. The molecule has 2 rings (SSSR count). The van der Waals surface area contributed by atoms with E-state index in [4.69, 9.17) is 9.47 Å². The summed E-state index contributed by atoms with van der Waals surface area (Å²) >= 11 is 0. The lowest BCUT2D eigenvalue weighted by atomic mass is 10.1. The molecular formula is C13H19N3O2. The number of hydrogen-bond donors (Lipinski definition) is 1. The van der Waals surface area contributed by atoms with E-state index in [-0.39, 0.29) is 6.04 Å². The molecular weight excluding hydrogens is 230 g/mol. The third kappa shape index (κ3) is 2.98. The van der Waals surface area contributed by atoms with Gasteiger partial charge in [-0.25, -0.2) is 0 Å². The van der Waals surface area contributed by atoms with Gasteiger partial charge in [0.05, 0.1) is 19.4 Å². The Labute approximate surface area is 107 Å². The van der Waals surface area contributed by atoms with Crippen molar-refractivity contribution in [3.8, 4) is 5.88 Å². The molecule has 1 aromatic rings. The van der Waals surface area contributed by atoms with Gasteiger partial charge in [-0.1, -0.05) is 6.92 Å². The Balaban J connectivity index is 2.15. The summed E-state index contributed by atoms with van der Waals surface area (Å²) in [6.07, 6.45) is 4.13. The molecule has 5 nitrogen and oxygen atoms in total. The largest absolute Gasteiger partial charge is 0.496 e. The maximum Gasteiger partial charge on any atom is 0.233 e. The van der Waals surface area contributed by atoms with E-state index in [1.807, 2.05) is 12.1 Å². The lowest BCUT2D eigenvalue weighted by Crippen LogP contribution is -2.25. The molecule has 1 aliphatic heterocycles. The number of nitrogens with zero attached hydrogens (tertiary/aromatic N) is 2. The molecule has 1 aliphatic rings. The van der Waals surface area contributed by atoms with Crippen LogP contribution in [0.1, 0.15) is 31.5 Å². The van der Waals surface area contributed by atoms with Crippen molar-refractivity contribution in [1.82, 2.24) is 15.5 Å². The maximum atomic E-state index is 5.62. The fourth-order valence-electron chi connectivity index (χ4n) is 1.87. The molecule has 98 valence electrons. The van der Waals surface area contributed by atoms with Crippen molar-refractivity contribution in [3.05, 3.63) is 29.7 Å². The quantitative estimate of drug-likeness (QED) is 0.833. The van der Waals surface area contributed by atoms with Crippen LogP contribution in [0.3, 0.4) is 0 Å². The number of nitrogens with one attached hydrogen (secondary N) is 1. The third-order valence-corrected chi connectivity index (χ3v) is 2.78. The molecule has 1 atom stereocenters. The third-order valence-electron chi connectivity index (χ3n) is 2.78. The lowest BCUT2D eigenvalue weighted by Gasteiger charge is -2.18. The molecule has 0 aliphatic carbocycles. The summed E-state index contributed by atoms with van der Waals surface area (Å²) in [4.78, 5) is 0. The minimum Gasteiger partial charge on any atom is -0.496 e. The zero-order valence-corrected chi connectivity index (χ0v) is 10.8. The first-order valence-corrected chi connectivity index (χ1v) is 6.29. The first kappa shape index (κ1) is 12.8. The minimum absolute atomic E-state index is 0.00847. The van der Waals surface area contributed by atoms with Crippen LogP contribution in [-0.2, 0) is 4.74 Å². The highest BCUT2D eigenvalue weighted by Crippen LogP contribution is 2.25. The van der Waals surface area contributed by atoms with Gasteiger partial charge >= 0.3 is 0 Å². The zero-order chi connectivity index (χ0) is 12.8. The molecule has 0 amide bonds. The van der Waals surface area contributed by atoms with Gasteiger partial charge in [-0.05, 0) is 25.1 Å². The maximum absolute atomic E-state index is 5.62. The van der Waals surface area contributed by atoms with Gasteiger partial charge in [-0.2, -0.15) is 0 Å². The highest BCUT2D eigenvalue weighted by molar-refractivity contribution is 5.22. The van der Waals surface area contributed by atoms with Crippen molar-refractivity contribution >= 4 is 0 Å². The van der Waals surface area contributed by atoms with Crippen LogP contribution in [0.5, 0.6) is 5.88 Å². The van der Waals surface area contributed by atoms with Crippen LogP contribution in [-0.4, -0.2) is 30.5 Å². The smallest absolute Gasteiger partial charge is 0.233 e. The summed E-state index contributed by atoms with van der Waals surface area (Å²) in [6, 6.07) is 3.73. The first-order chi connectivity index (χ1) is 8.85. The van der Waals surface area contributed by atoms with Gasteiger partial charge in [0.1, 0.15) is 11.8 Å². The molecule has 2 heterocycles. The molecule has 0 radical (unpaired) electrons. The minimum atomic E-state index is -0.00847. The zero-order valence-electron chi connectivity index (χ0n) is 10.8. The second-order valence-corrected chi connectivity index (χ2v) is 4.13. The van der Waals surface area contributed by atoms with Gasteiger partial charge in [0, 0.05) is 12.5 Å². The monoisotopic (exact) mass is 249 g/mol. The van der Waals surface area contributed by atoms with Gasteiger partial charge in [-0.3, -0.25) is 0 Å². The normalized spacial score (nSPS) is 16.0. The van der Waals surface area contributed by atoms with Crippen molar-refractivity contribution in [2.45, 2.75) is 25.8 Å². The predicted octanol–water partition coefficient (Wildman–Crippen LogP) is 1.83. The van der Waals surface area contributed by atoms with Crippen molar-refractivity contribution in [2.75, 3.05) is 20.3 Å². The molecule has 1 unspecified atom stereocenters. The molecule has 0 aromatic carbocycles. The van der Waals surface area contributed by atoms with E-state index < -0.39 is 0 Å². The van der Waals surface area contributed by atoms with Crippen molar-refractivity contribution in [1.29, 1.82) is 0 Å². The van der Waals surface area contributed by atoms with E-state index in [2.05, 4.69) is 28.5 Å². The average Bonchev–Trinajstić information content (AvgIpc) is 2.94. The van der Waals surface area contributed by atoms with Gasteiger partial charge in [-0.15, -0.1) is 10.2 Å². The second-order valence-electron chi connectivity index (χ2n) is 4.13. The van der Waals surface area contributed by atoms with E-state index in [9.17, 15) is 0 Å². The molecule has 18 heavy (non-hydrogen) atoms. The van der Waals surface area contributed by atoms with Crippen LogP contribution in [0, 0.1) is 0 Å². The van der Waals surface area contributed by atoms with E-state index >= 15 is 0 Å². The Morgan fingerprint density at radius 3 is 2.89 bits per heavy atom. The van der Waals surface area contributed by atoms with E-state index in [0.29, 0.717) is 5.88 Å². The molecule has 5 heteroatoms. The van der Waals surface area contributed by atoms with E-state index in [1.165, 1.54) is 0 Å². The standard InChI is InChI=1S/C13H19N3O2/c1-3-8-14-13(11-5-4-9-18-11)10-6-7-12(17-2)16-15-10/h5-7,13-14H,3-4,8-9H2,1-2H3.